The number of piperidine rings is 1. The first-order chi connectivity index (χ1) is 11.3. The van der Waals surface area contributed by atoms with E-state index in [1.165, 1.54) is 12.5 Å². The third kappa shape index (κ3) is 2.67. The van der Waals surface area contributed by atoms with E-state index in [1.54, 1.807) is 18.2 Å². The van der Waals surface area contributed by atoms with Crippen molar-refractivity contribution in [1.82, 2.24) is 20.3 Å². The molecule has 1 aromatic carbocycles. The molecule has 0 spiro atoms. The normalized spacial score (nSPS) is 15.1. The van der Waals surface area contributed by atoms with Gasteiger partial charge in [0.2, 0.25) is 11.3 Å². The number of hydrogen-bond acceptors (Lipinski definition) is 7. The van der Waals surface area contributed by atoms with E-state index in [1.807, 2.05) is 0 Å². The summed E-state index contributed by atoms with van der Waals surface area (Å²) in [5, 5.41) is 10.5. The van der Waals surface area contributed by atoms with Gasteiger partial charge in [0.15, 0.2) is 11.6 Å². The fraction of sp³-hybridized carbons (Fsp3) is 0.333. The average molecular weight is 314 g/mol. The second kappa shape index (κ2) is 5.79. The number of para-hydroxylation sites is 1. The molecule has 0 bridgehead atoms. The van der Waals surface area contributed by atoms with Crippen LogP contribution in [0.4, 0.5) is 21.7 Å². The predicted octanol–water partition coefficient (Wildman–Crippen LogP) is 2.89. The van der Waals surface area contributed by atoms with Crippen LogP contribution in [0.15, 0.2) is 28.9 Å². The second-order valence-corrected chi connectivity index (χ2v) is 5.46. The van der Waals surface area contributed by atoms with E-state index in [4.69, 9.17) is 4.63 Å². The maximum atomic E-state index is 13.9. The van der Waals surface area contributed by atoms with Crippen LogP contribution >= 0.6 is 0 Å². The molecule has 1 fully saturated rings. The Morgan fingerprint density at radius 2 is 1.74 bits per heavy atom. The molecule has 1 N–H and O–H groups in total. The Morgan fingerprint density at radius 3 is 2.52 bits per heavy atom. The molecule has 8 heteroatoms. The number of aromatic nitrogens is 4. The van der Waals surface area contributed by atoms with E-state index < -0.39 is 0 Å². The Bertz CT molecular complexity index is 830. The maximum Gasteiger partial charge on any atom is 0.245 e. The van der Waals surface area contributed by atoms with Crippen LogP contribution in [0, 0.1) is 5.82 Å². The van der Waals surface area contributed by atoms with Crippen LogP contribution in [0.3, 0.4) is 0 Å². The smallest absolute Gasteiger partial charge is 0.245 e. The summed E-state index contributed by atoms with van der Waals surface area (Å²) in [4.78, 5) is 11.0. The molecule has 118 valence electrons. The van der Waals surface area contributed by atoms with Gasteiger partial charge in [0.05, 0.1) is 5.69 Å². The molecule has 23 heavy (non-hydrogen) atoms. The number of halogens is 1. The summed E-state index contributed by atoms with van der Waals surface area (Å²) in [5.41, 5.74) is 0.991. The van der Waals surface area contributed by atoms with Crippen molar-refractivity contribution in [3.8, 4) is 0 Å². The molecule has 7 nitrogen and oxygen atoms in total. The Balaban J connectivity index is 1.77. The van der Waals surface area contributed by atoms with Gasteiger partial charge in [0.25, 0.3) is 0 Å². The number of rotatable bonds is 3. The lowest BCUT2D eigenvalue weighted by atomic mass is 10.1. The summed E-state index contributed by atoms with van der Waals surface area (Å²) in [7, 11) is 0. The highest BCUT2D eigenvalue weighted by Crippen LogP contribution is 2.29. The van der Waals surface area contributed by atoms with E-state index in [2.05, 4.69) is 30.5 Å². The molecule has 0 atom stereocenters. The molecule has 1 aliphatic heterocycles. The lowest BCUT2D eigenvalue weighted by Crippen LogP contribution is -2.31. The molecular weight excluding hydrogens is 299 g/mol. The van der Waals surface area contributed by atoms with E-state index in [9.17, 15) is 4.39 Å². The summed E-state index contributed by atoms with van der Waals surface area (Å²) < 4.78 is 18.6. The van der Waals surface area contributed by atoms with Crippen molar-refractivity contribution in [1.29, 1.82) is 0 Å². The van der Waals surface area contributed by atoms with Crippen LogP contribution in [-0.4, -0.2) is 33.4 Å². The fourth-order valence-electron chi connectivity index (χ4n) is 2.73. The van der Waals surface area contributed by atoms with Gasteiger partial charge in [0, 0.05) is 13.1 Å². The number of benzene rings is 1. The highest BCUT2D eigenvalue weighted by molar-refractivity contribution is 5.77. The van der Waals surface area contributed by atoms with Gasteiger partial charge in [0.1, 0.15) is 5.82 Å². The minimum atomic E-state index is -0.350. The van der Waals surface area contributed by atoms with Gasteiger partial charge >= 0.3 is 0 Å². The molecule has 0 aliphatic carbocycles. The monoisotopic (exact) mass is 314 g/mol. The third-order valence-electron chi connectivity index (χ3n) is 3.88. The van der Waals surface area contributed by atoms with Crippen molar-refractivity contribution in [2.75, 3.05) is 23.3 Å². The molecule has 0 unspecified atom stereocenters. The highest BCUT2D eigenvalue weighted by atomic mass is 19.1. The third-order valence-corrected chi connectivity index (χ3v) is 3.88. The number of anilines is 3. The van der Waals surface area contributed by atoms with Gasteiger partial charge < -0.3 is 10.2 Å². The van der Waals surface area contributed by atoms with Crippen LogP contribution in [0.25, 0.3) is 11.3 Å². The molecule has 0 saturated carbocycles. The maximum absolute atomic E-state index is 13.9. The Morgan fingerprint density at radius 1 is 1.00 bits per heavy atom. The zero-order valence-electron chi connectivity index (χ0n) is 12.4. The molecule has 0 radical (unpaired) electrons. The fourth-order valence-corrected chi connectivity index (χ4v) is 2.73. The first kappa shape index (κ1) is 13.9. The lowest BCUT2D eigenvalue weighted by Gasteiger charge is -2.28. The number of nitrogens with one attached hydrogen (secondary N) is 1. The van der Waals surface area contributed by atoms with Gasteiger partial charge in [-0.1, -0.05) is 12.1 Å². The van der Waals surface area contributed by atoms with Crippen molar-refractivity contribution < 1.29 is 9.02 Å². The summed E-state index contributed by atoms with van der Waals surface area (Å²) in [6, 6.07) is 6.45. The highest BCUT2D eigenvalue weighted by Gasteiger charge is 2.20. The van der Waals surface area contributed by atoms with Gasteiger partial charge in [-0.2, -0.15) is 0 Å². The van der Waals surface area contributed by atoms with Gasteiger partial charge in [-0.15, -0.1) is 0 Å². The molecule has 2 aromatic heterocycles. The van der Waals surface area contributed by atoms with Crippen molar-refractivity contribution in [3.63, 3.8) is 0 Å². The predicted molar refractivity (Wildman–Crippen MR) is 83.1 cm³/mol. The largest absolute Gasteiger partial charge is 0.353 e. The van der Waals surface area contributed by atoms with Gasteiger partial charge in [-0.3, -0.25) is 0 Å². The van der Waals surface area contributed by atoms with Crippen LogP contribution in [-0.2, 0) is 0 Å². The van der Waals surface area contributed by atoms with Crippen LogP contribution < -0.4 is 10.2 Å². The Kier molecular flexibility index (Phi) is 3.49. The first-order valence-corrected chi connectivity index (χ1v) is 7.58. The standard InChI is InChI=1S/C15H15FN6O/c16-10-6-2-3-7-11(10)17-14-15(22-8-4-1-5-9-22)19-13-12(18-14)20-23-21-13/h2-3,6-7H,1,4-5,8-9H2,(H,17,18,20). The van der Waals surface area contributed by atoms with Crippen LogP contribution in [0.1, 0.15) is 19.3 Å². The Hall–Kier alpha value is -2.77. The second-order valence-electron chi connectivity index (χ2n) is 5.46. The number of hydrogen-bond donors (Lipinski definition) is 1. The number of nitrogens with zero attached hydrogens (tertiary/aromatic N) is 5. The van der Waals surface area contributed by atoms with Gasteiger partial charge in [-0.05, 0) is 41.7 Å². The molecule has 1 aliphatic rings. The van der Waals surface area contributed by atoms with Gasteiger partial charge in [-0.25, -0.2) is 19.0 Å². The molecular formula is C15H15FN6O. The SMILES string of the molecule is Fc1ccccc1Nc1nc2nonc2nc1N1CCCCC1. The van der Waals surface area contributed by atoms with Crippen molar-refractivity contribution in [3.05, 3.63) is 30.1 Å². The molecule has 4 rings (SSSR count). The zero-order chi connectivity index (χ0) is 15.6. The van der Waals surface area contributed by atoms with Crippen molar-refractivity contribution in [2.24, 2.45) is 0 Å². The molecule has 0 amide bonds. The van der Waals surface area contributed by atoms with Crippen molar-refractivity contribution in [2.45, 2.75) is 19.3 Å². The minimum absolute atomic E-state index is 0.296. The topological polar surface area (TPSA) is 80.0 Å². The van der Waals surface area contributed by atoms with Crippen LogP contribution in [0.2, 0.25) is 0 Å². The first-order valence-electron chi connectivity index (χ1n) is 7.58. The molecule has 3 heterocycles. The zero-order valence-corrected chi connectivity index (χ0v) is 12.4. The summed E-state index contributed by atoms with van der Waals surface area (Å²) in [6.45, 7) is 1.77. The average Bonchev–Trinajstić information content (AvgIpc) is 3.04. The van der Waals surface area contributed by atoms with E-state index in [0.29, 0.717) is 28.6 Å². The molecule has 3 aromatic rings. The quantitative estimate of drug-likeness (QED) is 0.796. The summed E-state index contributed by atoms with van der Waals surface area (Å²) in [6.07, 6.45) is 3.39. The Labute approximate surface area is 131 Å². The minimum Gasteiger partial charge on any atom is -0.353 e. The summed E-state index contributed by atoms with van der Waals surface area (Å²) >= 11 is 0. The number of fused-ring (bicyclic) bond motifs is 1. The molecule has 1 saturated heterocycles. The van der Waals surface area contributed by atoms with E-state index >= 15 is 0 Å². The van der Waals surface area contributed by atoms with Crippen molar-refractivity contribution >= 4 is 28.6 Å². The van der Waals surface area contributed by atoms with E-state index in [0.717, 1.165) is 25.9 Å². The lowest BCUT2D eigenvalue weighted by molar-refractivity contribution is 0.314. The van der Waals surface area contributed by atoms with E-state index in [-0.39, 0.29) is 5.82 Å². The summed E-state index contributed by atoms with van der Waals surface area (Å²) in [5.74, 6) is 0.758. The van der Waals surface area contributed by atoms with Crippen LogP contribution in [0.5, 0.6) is 0 Å².